The molecule has 5 aromatic rings. The van der Waals surface area contributed by atoms with E-state index >= 15 is 0 Å². The van der Waals surface area contributed by atoms with E-state index in [0.29, 0.717) is 23.6 Å². The summed E-state index contributed by atoms with van der Waals surface area (Å²) >= 11 is 0. The minimum Gasteiger partial charge on any atom is -0.460 e. The zero-order chi connectivity index (χ0) is 23.9. The molecule has 0 saturated carbocycles. The van der Waals surface area contributed by atoms with E-state index in [1.807, 2.05) is 85.1 Å². The van der Waals surface area contributed by atoms with E-state index in [1.54, 1.807) is 0 Å². The molecule has 0 aliphatic carbocycles. The van der Waals surface area contributed by atoms with E-state index in [9.17, 15) is 4.79 Å². The maximum absolute atomic E-state index is 13.8. The van der Waals surface area contributed by atoms with Crippen molar-refractivity contribution in [1.29, 1.82) is 0 Å². The Labute approximate surface area is 203 Å². The van der Waals surface area contributed by atoms with Gasteiger partial charge in [-0.25, -0.2) is 0 Å². The fourth-order valence-corrected chi connectivity index (χ4v) is 4.94. The second kappa shape index (κ2) is 8.47. The lowest BCUT2D eigenvalue weighted by molar-refractivity contribution is 0.0972. The number of carbonyl (C=O) groups excluding carboxylic acids is 1. The van der Waals surface area contributed by atoms with Crippen LogP contribution in [0.15, 0.2) is 88.3 Å². The fourth-order valence-electron chi connectivity index (χ4n) is 4.94. The van der Waals surface area contributed by atoms with Crippen LogP contribution in [-0.4, -0.2) is 26.3 Å². The molecule has 1 unspecified atom stereocenters. The summed E-state index contributed by atoms with van der Waals surface area (Å²) in [5, 5.41) is 9.69. The van der Waals surface area contributed by atoms with E-state index in [4.69, 9.17) is 9.41 Å². The molecule has 3 heterocycles. The number of rotatable bonds is 5. The largest absolute Gasteiger partial charge is 0.460 e. The van der Waals surface area contributed by atoms with E-state index in [2.05, 4.69) is 22.3 Å². The number of benzene rings is 3. The van der Waals surface area contributed by atoms with Crippen LogP contribution in [0.2, 0.25) is 0 Å². The summed E-state index contributed by atoms with van der Waals surface area (Å²) in [6.07, 6.45) is 0.804. The molecule has 172 valence electrons. The van der Waals surface area contributed by atoms with Gasteiger partial charge in [-0.15, -0.1) is 10.2 Å². The summed E-state index contributed by atoms with van der Waals surface area (Å²) in [5.74, 6) is 2.13. The maximum atomic E-state index is 13.8. The standard InChI is InChI=1S/C29H24N4O2/c1-3-25-27(21-14-8-10-16-26(21)35-25)24(34)17-22-29-32-31-18(2)33(29)23-15-9-7-13-20(23)28(30-22)19-11-5-4-6-12-19/h4-16,22H,3,17H2,1-2H3. The average molecular weight is 461 g/mol. The predicted octanol–water partition coefficient (Wildman–Crippen LogP) is 6.05. The number of aromatic nitrogens is 3. The van der Waals surface area contributed by atoms with Crippen LogP contribution in [0.4, 0.5) is 0 Å². The highest BCUT2D eigenvalue weighted by Gasteiger charge is 2.31. The second-order valence-electron chi connectivity index (χ2n) is 8.69. The van der Waals surface area contributed by atoms with Gasteiger partial charge in [-0.1, -0.05) is 73.7 Å². The Balaban J connectivity index is 1.52. The van der Waals surface area contributed by atoms with Gasteiger partial charge >= 0.3 is 0 Å². The lowest BCUT2D eigenvalue weighted by Crippen LogP contribution is -2.12. The highest BCUT2D eigenvalue weighted by atomic mass is 16.3. The molecule has 2 aromatic heterocycles. The van der Waals surface area contributed by atoms with Crippen molar-refractivity contribution in [3.8, 4) is 5.69 Å². The molecule has 0 saturated heterocycles. The number of carbonyl (C=O) groups is 1. The van der Waals surface area contributed by atoms with Gasteiger partial charge in [-0.3, -0.25) is 14.4 Å². The molecule has 6 heteroatoms. The second-order valence-corrected chi connectivity index (χ2v) is 8.69. The number of aliphatic imine (C=N–C) groups is 1. The van der Waals surface area contributed by atoms with E-state index in [0.717, 1.165) is 39.3 Å². The fraction of sp³-hybridized carbons (Fsp3) is 0.172. The Morgan fingerprint density at radius 2 is 1.69 bits per heavy atom. The number of Topliss-reactive ketones (excluding diaryl/α,β-unsaturated/α-hetero) is 1. The van der Waals surface area contributed by atoms with Crippen LogP contribution in [-0.2, 0) is 6.42 Å². The third-order valence-electron chi connectivity index (χ3n) is 6.53. The predicted molar refractivity (Wildman–Crippen MR) is 135 cm³/mol. The van der Waals surface area contributed by atoms with Gasteiger partial charge in [0.05, 0.1) is 17.0 Å². The summed E-state index contributed by atoms with van der Waals surface area (Å²) in [7, 11) is 0. The van der Waals surface area contributed by atoms with Crippen molar-refractivity contribution < 1.29 is 9.21 Å². The SMILES string of the molecule is CCc1oc2ccccc2c1C(=O)CC1N=C(c2ccccc2)c2ccccc2-n2c(C)nnc21. The topological polar surface area (TPSA) is 73.3 Å². The van der Waals surface area contributed by atoms with Crippen molar-refractivity contribution in [2.75, 3.05) is 0 Å². The highest BCUT2D eigenvalue weighted by Crippen LogP contribution is 2.35. The van der Waals surface area contributed by atoms with Crippen LogP contribution >= 0.6 is 0 Å². The normalized spacial score (nSPS) is 14.8. The highest BCUT2D eigenvalue weighted by molar-refractivity contribution is 6.15. The van der Waals surface area contributed by atoms with Crippen LogP contribution < -0.4 is 0 Å². The Bertz CT molecular complexity index is 1590. The molecule has 0 radical (unpaired) electrons. The number of hydrogen-bond acceptors (Lipinski definition) is 5. The van der Waals surface area contributed by atoms with Gasteiger partial charge in [0.15, 0.2) is 11.6 Å². The zero-order valence-electron chi connectivity index (χ0n) is 19.6. The van der Waals surface area contributed by atoms with Gasteiger partial charge < -0.3 is 4.42 Å². The van der Waals surface area contributed by atoms with Crippen molar-refractivity contribution >= 4 is 22.5 Å². The van der Waals surface area contributed by atoms with Crippen LogP contribution in [0.25, 0.3) is 16.7 Å². The number of para-hydroxylation sites is 2. The van der Waals surface area contributed by atoms with Crippen LogP contribution in [0.5, 0.6) is 0 Å². The number of furan rings is 1. The first-order chi connectivity index (χ1) is 17.2. The molecule has 0 spiro atoms. The van der Waals surface area contributed by atoms with Gasteiger partial charge in [0.1, 0.15) is 23.2 Å². The first-order valence-electron chi connectivity index (χ1n) is 11.8. The van der Waals surface area contributed by atoms with Gasteiger partial charge in [0.25, 0.3) is 0 Å². The summed E-state index contributed by atoms with van der Waals surface area (Å²) in [4.78, 5) is 19.0. The Morgan fingerprint density at radius 1 is 0.943 bits per heavy atom. The molecule has 1 atom stereocenters. The smallest absolute Gasteiger partial charge is 0.169 e. The minimum atomic E-state index is -0.496. The van der Waals surface area contributed by atoms with Gasteiger partial charge in [-0.2, -0.15) is 0 Å². The monoisotopic (exact) mass is 460 g/mol. The average Bonchev–Trinajstić information content (AvgIpc) is 3.43. The summed E-state index contributed by atoms with van der Waals surface area (Å²) in [6.45, 7) is 3.93. The molecule has 0 amide bonds. The number of hydrogen-bond donors (Lipinski definition) is 0. The molecule has 0 fully saturated rings. The molecular formula is C29H24N4O2. The first kappa shape index (κ1) is 21.2. The number of nitrogens with zero attached hydrogens (tertiary/aromatic N) is 4. The first-order valence-corrected chi connectivity index (χ1v) is 11.8. The molecule has 3 aromatic carbocycles. The summed E-state index contributed by atoms with van der Waals surface area (Å²) in [5.41, 5.74) is 5.16. The Hall–Kier alpha value is -4.32. The van der Waals surface area contributed by atoms with Gasteiger partial charge in [0, 0.05) is 29.4 Å². The van der Waals surface area contributed by atoms with E-state index in [1.165, 1.54) is 0 Å². The van der Waals surface area contributed by atoms with Crippen molar-refractivity contribution in [3.63, 3.8) is 0 Å². The Morgan fingerprint density at radius 3 is 2.51 bits per heavy atom. The van der Waals surface area contributed by atoms with Crippen molar-refractivity contribution in [3.05, 3.63) is 113 Å². The van der Waals surface area contributed by atoms with E-state index < -0.39 is 6.04 Å². The molecule has 0 N–H and O–H groups in total. The number of ketones is 1. The molecule has 0 bridgehead atoms. The molecule has 6 nitrogen and oxygen atoms in total. The third-order valence-corrected chi connectivity index (χ3v) is 6.53. The van der Waals surface area contributed by atoms with Crippen molar-refractivity contribution in [2.45, 2.75) is 32.7 Å². The minimum absolute atomic E-state index is 0.00822. The summed E-state index contributed by atoms with van der Waals surface area (Å²) < 4.78 is 8.04. The third kappa shape index (κ3) is 3.49. The van der Waals surface area contributed by atoms with Gasteiger partial charge in [-0.05, 0) is 19.1 Å². The lowest BCUT2D eigenvalue weighted by atomic mass is 9.98. The molecule has 6 rings (SSSR count). The number of aryl methyl sites for hydroxylation is 2. The van der Waals surface area contributed by atoms with Gasteiger partial charge in [0.2, 0.25) is 0 Å². The van der Waals surface area contributed by atoms with Crippen molar-refractivity contribution in [2.24, 2.45) is 4.99 Å². The van der Waals surface area contributed by atoms with Crippen LogP contribution in [0.3, 0.4) is 0 Å². The maximum Gasteiger partial charge on any atom is 0.169 e. The molecule has 1 aliphatic rings. The molecular weight excluding hydrogens is 436 g/mol. The number of fused-ring (bicyclic) bond motifs is 4. The zero-order valence-corrected chi connectivity index (χ0v) is 19.6. The van der Waals surface area contributed by atoms with Crippen LogP contribution in [0, 0.1) is 6.92 Å². The quantitative estimate of drug-likeness (QED) is 0.299. The molecule has 1 aliphatic heterocycles. The van der Waals surface area contributed by atoms with Crippen LogP contribution in [0.1, 0.15) is 58.3 Å². The molecule has 35 heavy (non-hydrogen) atoms. The Kier molecular flexibility index (Phi) is 5.14. The summed E-state index contributed by atoms with van der Waals surface area (Å²) in [6, 6.07) is 25.4. The lowest BCUT2D eigenvalue weighted by Gasteiger charge is -2.12. The van der Waals surface area contributed by atoms with E-state index in [-0.39, 0.29) is 12.2 Å². The van der Waals surface area contributed by atoms with Crippen molar-refractivity contribution in [1.82, 2.24) is 14.8 Å².